The predicted octanol–water partition coefficient (Wildman–Crippen LogP) is 4.51. The highest BCUT2D eigenvalue weighted by Crippen LogP contribution is 2.33. The van der Waals surface area contributed by atoms with Crippen molar-refractivity contribution in [2.75, 3.05) is 17.2 Å². The maximum Gasteiger partial charge on any atom is 0.128 e. The number of benzene rings is 1. The van der Waals surface area contributed by atoms with Crippen LogP contribution in [0.15, 0.2) is 12.1 Å². The zero-order valence-corrected chi connectivity index (χ0v) is 13.0. The van der Waals surface area contributed by atoms with Crippen molar-refractivity contribution in [3.63, 3.8) is 0 Å². The van der Waals surface area contributed by atoms with Crippen LogP contribution in [0.3, 0.4) is 0 Å². The van der Waals surface area contributed by atoms with Crippen LogP contribution in [0.4, 0.5) is 15.8 Å². The van der Waals surface area contributed by atoms with Crippen LogP contribution in [0, 0.1) is 18.7 Å². The molecule has 1 aliphatic rings. The summed E-state index contributed by atoms with van der Waals surface area (Å²) in [6.07, 6.45) is 6.19. The van der Waals surface area contributed by atoms with Gasteiger partial charge in [0.2, 0.25) is 0 Å². The molecule has 112 valence electrons. The highest BCUT2D eigenvalue weighted by molar-refractivity contribution is 5.69. The molecule has 2 nitrogen and oxygen atoms in total. The standard InChI is InChI=1S/C17H27FN2/c1-12(2)8-9-20(14-6-4-5-7-14)17-10-13(3)15(18)11-16(17)19/h10-12,14H,4-9,19H2,1-3H3. The van der Waals surface area contributed by atoms with Crippen LogP contribution in [0.25, 0.3) is 0 Å². The van der Waals surface area contributed by atoms with E-state index >= 15 is 0 Å². The molecule has 1 saturated carbocycles. The topological polar surface area (TPSA) is 29.3 Å². The van der Waals surface area contributed by atoms with E-state index in [2.05, 4.69) is 18.7 Å². The second-order valence-corrected chi connectivity index (χ2v) is 6.47. The van der Waals surface area contributed by atoms with Crippen LogP contribution in [0.2, 0.25) is 0 Å². The van der Waals surface area contributed by atoms with Crippen molar-refractivity contribution in [3.8, 4) is 0 Å². The highest BCUT2D eigenvalue weighted by atomic mass is 19.1. The van der Waals surface area contributed by atoms with E-state index in [4.69, 9.17) is 5.73 Å². The Morgan fingerprint density at radius 3 is 2.55 bits per heavy atom. The van der Waals surface area contributed by atoms with E-state index in [1.807, 2.05) is 13.0 Å². The molecule has 0 amide bonds. The van der Waals surface area contributed by atoms with E-state index in [9.17, 15) is 4.39 Å². The first-order valence-corrected chi connectivity index (χ1v) is 7.81. The fourth-order valence-electron chi connectivity index (χ4n) is 3.04. The Morgan fingerprint density at radius 2 is 1.95 bits per heavy atom. The molecule has 0 bridgehead atoms. The van der Waals surface area contributed by atoms with Crippen molar-refractivity contribution in [1.29, 1.82) is 0 Å². The van der Waals surface area contributed by atoms with Gasteiger partial charge in [-0.05, 0) is 49.8 Å². The van der Waals surface area contributed by atoms with Crippen molar-refractivity contribution in [2.24, 2.45) is 5.92 Å². The molecule has 0 saturated heterocycles. The number of nitrogen functional groups attached to an aromatic ring is 1. The Hall–Kier alpha value is -1.25. The van der Waals surface area contributed by atoms with Crippen molar-refractivity contribution >= 4 is 11.4 Å². The van der Waals surface area contributed by atoms with Crippen molar-refractivity contribution in [1.82, 2.24) is 0 Å². The van der Waals surface area contributed by atoms with E-state index < -0.39 is 0 Å². The number of nitrogens with two attached hydrogens (primary N) is 1. The zero-order valence-electron chi connectivity index (χ0n) is 13.0. The van der Waals surface area contributed by atoms with Gasteiger partial charge in [0.15, 0.2) is 0 Å². The van der Waals surface area contributed by atoms with Crippen LogP contribution in [-0.4, -0.2) is 12.6 Å². The minimum Gasteiger partial charge on any atom is -0.397 e. The monoisotopic (exact) mass is 278 g/mol. The third kappa shape index (κ3) is 3.44. The molecule has 2 rings (SSSR count). The van der Waals surface area contributed by atoms with E-state index in [-0.39, 0.29) is 5.82 Å². The molecule has 1 aliphatic carbocycles. The molecule has 20 heavy (non-hydrogen) atoms. The van der Waals surface area contributed by atoms with Crippen LogP contribution < -0.4 is 10.6 Å². The first kappa shape index (κ1) is 15.1. The lowest BCUT2D eigenvalue weighted by Crippen LogP contribution is -2.35. The first-order valence-electron chi connectivity index (χ1n) is 7.81. The molecular weight excluding hydrogens is 251 g/mol. The van der Waals surface area contributed by atoms with Crippen LogP contribution in [0.1, 0.15) is 51.5 Å². The molecule has 2 N–H and O–H groups in total. The fraction of sp³-hybridized carbons (Fsp3) is 0.647. The van der Waals surface area contributed by atoms with E-state index in [0.29, 0.717) is 23.2 Å². The SMILES string of the molecule is Cc1cc(N(CCC(C)C)C2CCCC2)c(N)cc1F. The summed E-state index contributed by atoms with van der Waals surface area (Å²) < 4.78 is 13.6. The average molecular weight is 278 g/mol. The van der Waals surface area contributed by atoms with Gasteiger partial charge in [-0.15, -0.1) is 0 Å². The van der Waals surface area contributed by atoms with Gasteiger partial charge in [0.05, 0.1) is 11.4 Å². The lowest BCUT2D eigenvalue weighted by atomic mass is 10.1. The van der Waals surface area contributed by atoms with E-state index in [0.717, 1.165) is 18.7 Å². The Balaban J connectivity index is 2.27. The average Bonchev–Trinajstić information content (AvgIpc) is 2.89. The normalized spacial score (nSPS) is 16.1. The minimum absolute atomic E-state index is 0.207. The molecule has 0 radical (unpaired) electrons. The van der Waals surface area contributed by atoms with Gasteiger partial charge in [-0.25, -0.2) is 4.39 Å². The second kappa shape index (κ2) is 6.47. The molecule has 0 aromatic heterocycles. The molecule has 0 spiro atoms. The Bertz CT molecular complexity index is 451. The molecule has 0 atom stereocenters. The van der Waals surface area contributed by atoms with Gasteiger partial charge in [-0.2, -0.15) is 0 Å². The van der Waals surface area contributed by atoms with E-state index in [1.165, 1.54) is 31.7 Å². The number of rotatable bonds is 5. The summed E-state index contributed by atoms with van der Waals surface area (Å²) in [5, 5.41) is 0. The van der Waals surface area contributed by atoms with Gasteiger partial charge in [-0.3, -0.25) is 0 Å². The summed E-state index contributed by atoms with van der Waals surface area (Å²) in [5.74, 6) is 0.461. The molecule has 0 unspecified atom stereocenters. The molecule has 1 aromatic rings. The fourth-order valence-corrected chi connectivity index (χ4v) is 3.04. The summed E-state index contributed by atoms with van der Waals surface area (Å²) in [4.78, 5) is 2.43. The number of hydrogen-bond acceptors (Lipinski definition) is 2. The molecule has 3 heteroatoms. The smallest absolute Gasteiger partial charge is 0.128 e. The van der Waals surface area contributed by atoms with Crippen molar-refractivity contribution in [3.05, 3.63) is 23.5 Å². The molecule has 0 heterocycles. The number of aryl methyl sites for hydroxylation is 1. The third-order valence-corrected chi connectivity index (χ3v) is 4.33. The minimum atomic E-state index is -0.207. The van der Waals surface area contributed by atoms with Crippen LogP contribution in [-0.2, 0) is 0 Å². The lowest BCUT2D eigenvalue weighted by Gasteiger charge is -2.33. The first-order chi connectivity index (χ1) is 9.49. The summed E-state index contributed by atoms with van der Waals surface area (Å²) in [7, 11) is 0. The van der Waals surface area contributed by atoms with Crippen LogP contribution >= 0.6 is 0 Å². The van der Waals surface area contributed by atoms with Gasteiger partial charge in [-0.1, -0.05) is 26.7 Å². The summed E-state index contributed by atoms with van der Waals surface area (Å²) in [5.41, 5.74) is 8.36. The van der Waals surface area contributed by atoms with E-state index in [1.54, 1.807) is 0 Å². The molecule has 1 fully saturated rings. The number of nitrogens with zero attached hydrogens (tertiary/aromatic N) is 1. The van der Waals surface area contributed by atoms with Crippen molar-refractivity contribution < 1.29 is 4.39 Å². The zero-order chi connectivity index (χ0) is 14.7. The third-order valence-electron chi connectivity index (χ3n) is 4.33. The Kier molecular flexibility index (Phi) is 4.90. The Labute approximate surface area is 122 Å². The summed E-state index contributed by atoms with van der Waals surface area (Å²) in [6.45, 7) is 7.31. The van der Waals surface area contributed by atoms with Crippen LogP contribution in [0.5, 0.6) is 0 Å². The second-order valence-electron chi connectivity index (χ2n) is 6.47. The lowest BCUT2D eigenvalue weighted by molar-refractivity contribution is 0.528. The highest BCUT2D eigenvalue weighted by Gasteiger charge is 2.24. The van der Waals surface area contributed by atoms with Gasteiger partial charge in [0.1, 0.15) is 5.82 Å². The summed E-state index contributed by atoms with van der Waals surface area (Å²) in [6, 6.07) is 3.96. The Morgan fingerprint density at radius 1 is 1.30 bits per heavy atom. The van der Waals surface area contributed by atoms with Gasteiger partial charge in [0.25, 0.3) is 0 Å². The number of anilines is 2. The predicted molar refractivity (Wildman–Crippen MR) is 84.6 cm³/mol. The van der Waals surface area contributed by atoms with Gasteiger partial charge >= 0.3 is 0 Å². The van der Waals surface area contributed by atoms with Crippen molar-refractivity contribution in [2.45, 2.75) is 58.9 Å². The van der Waals surface area contributed by atoms with Gasteiger partial charge < -0.3 is 10.6 Å². The largest absolute Gasteiger partial charge is 0.397 e. The summed E-state index contributed by atoms with van der Waals surface area (Å²) >= 11 is 0. The maximum atomic E-state index is 13.6. The molecular formula is C17H27FN2. The quantitative estimate of drug-likeness (QED) is 0.803. The number of hydrogen-bond donors (Lipinski definition) is 1. The molecule has 1 aromatic carbocycles. The maximum absolute atomic E-state index is 13.6. The number of halogens is 1. The van der Waals surface area contributed by atoms with Gasteiger partial charge in [0, 0.05) is 12.6 Å². The molecule has 0 aliphatic heterocycles.